The molecule has 0 spiro atoms. The van der Waals surface area contributed by atoms with Gasteiger partial charge in [-0.3, -0.25) is 9.69 Å². The third kappa shape index (κ3) is 4.36. The van der Waals surface area contributed by atoms with Crippen LogP contribution in [0.1, 0.15) is 29.3 Å². The SMILES string of the molecule is COc1ccc([C@H](CNC(=O)Cc2cccs2)N2CCCC2)cc1. The second kappa shape index (κ2) is 8.31. The molecule has 1 N–H and O–H groups in total. The van der Waals surface area contributed by atoms with Crippen LogP contribution in [0.25, 0.3) is 0 Å². The van der Waals surface area contributed by atoms with E-state index in [-0.39, 0.29) is 11.9 Å². The fraction of sp³-hybridized carbons (Fsp3) is 0.421. The molecule has 1 atom stereocenters. The van der Waals surface area contributed by atoms with Crippen LogP contribution in [0.4, 0.5) is 0 Å². The van der Waals surface area contributed by atoms with Crippen molar-refractivity contribution in [2.75, 3.05) is 26.7 Å². The lowest BCUT2D eigenvalue weighted by Crippen LogP contribution is -2.37. The van der Waals surface area contributed by atoms with Crippen molar-refractivity contribution >= 4 is 17.2 Å². The highest BCUT2D eigenvalue weighted by Crippen LogP contribution is 2.26. The van der Waals surface area contributed by atoms with Crippen LogP contribution in [-0.2, 0) is 11.2 Å². The van der Waals surface area contributed by atoms with Crippen LogP contribution in [0, 0.1) is 0 Å². The van der Waals surface area contributed by atoms with Gasteiger partial charge in [0.15, 0.2) is 0 Å². The fourth-order valence-corrected chi connectivity index (χ4v) is 3.89. The van der Waals surface area contributed by atoms with Gasteiger partial charge in [0.25, 0.3) is 0 Å². The van der Waals surface area contributed by atoms with Crippen LogP contribution in [0.3, 0.4) is 0 Å². The minimum absolute atomic E-state index is 0.0927. The molecule has 1 amide bonds. The Morgan fingerprint density at radius 2 is 2.00 bits per heavy atom. The first kappa shape index (κ1) is 17.0. The molecule has 5 heteroatoms. The predicted molar refractivity (Wildman–Crippen MR) is 97.6 cm³/mol. The van der Waals surface area contributed by atoms with E-state index < -0.39 is 0 Å². The minimum Gasteiger partial charge on any atom is -0.497 e. The molecule has 1 aliphatic heterocycles. The standard InChI is InChI=1S/C19H24N2O2S/c1-23-16-8-6-15(7-9-16)18(21-10-2-3-11-21)14-20-19(22)13-17-5-4-12-24-17/h4-9,12,18H,2-3,10-11,13-14H2,1H3,(H,20,22)/t18-/m0/s1. The van der Waals surface area contributed by atoms with E-state index in [4.69, 9.17) is 4.74 Å². The third-order valence-electron chi connectivity index (χ3n) is 4.49. The molecule has 0 aliphatic carbocycles. The van der Waals surface area contributed by atoms with Gasteiger partial charge < -0.3 is 10.1 Å². The Hall–Kier alpha value is -1.85. The van der Waals surface area contributed by atoms with Crippen molar-refractivity contribution in [2.24, 2.45) is 0 Å². The van der Waals surface area contributed by atoms with Crippen molar-refractivity contribution in [1.29, 1.82) is 0 Å². The summed E-state index contributed by atoms with van der Waals surface area (Å²) in [6, 6.07) is 12.4. The molecule has 2 aromatic rings. The first-order valence-corrected chi connectivity index (χ1v) is 9.31. The normalized spacial score (nSPS) is 16.0. The molecule has 0 unspecified atom stereocenters. The van der Waals surface area contributed by atoms with Gasteiger partial charge in [0, 0.05) is 11.4 Å². The van der Waals surface area contributed by atoms with Gasteiger partial charge in [-0.15, -0.1) is 11.3 Å². The van der Waals surface area contributed by atoms with Crippen molar-refractivity contribution in [2.45, 2.75) is 25.3 Å². The number of nitrogens with zero attached hydrogens (tertiary/aromatic N) is 1. The zero-order chi connectivity index (χ0) is 16.8. The lowest BCUT2D eigenvalue weighted by atomic mass is 10.1. The highest BCUT2D eigenvalue weighted by Gasteiger charge is 2.24. The molecule has 2 heterocycles. The van der Waals surface area contributed by atoms with Gasteiger partial charge in [0.05, 0.1) is 19.6 Å². The highest BCUT2D eigenvalue weighted by atomic mass is 32.1. The molecule has 3 rings (SSSR count). The van der Waals surface area contributed by atoms with E-state index in [1.54, 1.807) is 18.4 Å². The second-order valence-electron chi connectivity index (χ2n) is 6.09. The van der Waals surface area contributed by atoms with Crippen molar-refractivity contribution in [1.82, 2.24) is 10.2 Å². The maximum absolute atomic E-state index is 12.2. The van der Waals surface area contributed by atoms with Crippen LogP contribution < -0.4 is 10.1 Å². The summed E-state index contributed by atoms with van der Waals surface area (Å²) in [6.07, 6.45) is 2.93. The summed E-state index contributed by atoms with van der Waals surface area (Å²) in [5.74, 6) is 0.954. The number of nitrogens with one attached hydrogen (secondary N) is 1. The molecule has 0 bridgehead atoms. The van der Waals surface area contributed by atoms with E-state index in [2.05, 4.69) is 22.3 Å². The van der Waals surface area contributed by atoms with Crippen molar-refractivity contribution in [3.63, 3.8) is 0 Å². The highest BCUT2D eigenvalue weighted by molar-refractivity contribution is 7.10. The molecule has 128 valence electrons. The Bertz CT molecular complexity index is 634. The van der Waals surface area contributed by atoms with Crippen LogP contribution in [0.5, 0.6) is 5.75 Å². The first-order valence-electron chi connectivity index (χ1n) is 8.43. The second-order valence-corrected chi connectivity index (χ2v) is 7.12. The molecular weight excluding hydrogens is 320 g/mol. The fourth-order valence-electron chi connectivity index (χ4n) is 3.18. The van der Waals surface area contributed by atoms with Gasteiger partial charge >= 0.3 is 0 Å². The summed E-state index contributed by atoms with van der Waals surface area (Å²) in [6.45, 7) is 2.84. The van der Waals surface area contributed by atoms with Gasteiger partial charge in [-0.05, 0) is 55.1 Å². The zero-order valence-corrected chi connectivity index (χ0v) is 14.8. The van der Waals surface area contributed by atoms with E-state index >= 15 is 0 Å². The summed E-state index contributed by atoms with van der Waals surface area (Å²) in [7, 11) is 1.68. The van der Waals surface area contributed by atoms with Crippen molar-refractivity contribution < 1.29 is 9.53 Å². The monoisotopic (exact) mass is 344 g/mol. The van der Waals surface area contributed by atoms with Crippen molar-refractivity contribution in [3.8, 4) is 5.75 Å². The Labute approximate surface area is 147 Å². The number of carbonyl (C=O) groups excluding carboxylic acids is 1. The number of ether oxygens (including phenoxy) is 1. The summed E-state index contributed by atoms with van der Waals surface area (Å²) in [5, 5.41) is 5.13. The minimum atomic E-state index is 0.0927. The largest absolute Gasteiger partial charge is 0.497 e. The average molecular weight is 344 g/mol. The van der Waals surface area contributed by atoms with Gasteiger partial charge in [0.1, 0.15) is 5.75 Å². The Morgan fingerprint density at radius 1 is 1.25 bits per heavy atom. The number of methoxy groups -OCH3 is 1. The van der Waals surface area contributed by atoms with Crippen molar-refractivity contribution in [3.05, 3.63) is 52.2 Å². The lowest BCUT2D eigenvalue weighted by Gasteiger charge is -2.28. The number of thiophene rings is 1. The van der Waals surface area contributed by atoms with Crippen LogP contribution in [-0.4, -0.2) is 37.6 Å². The number of benzene rings is 1. The number of amides is 1. The average Bonchev–Trinajstić information content (AvgIpc) is 3.30. The maximum atomic E-state index is 12.2. The number of carbonyl (C=O) groups is 1. The van der Waals surface area contributed by atoms with Crippen LogP contribution >= 0.6 is 11.3 Å². The first-order chi connectivity index (χ1) is 11.8. The number of rotatable bonds is 7. The zero-order valence-electron chi connectivity index (χ0n) is 14.0. The molecular formula is C19H24N2O2S. The van der Waals surface area contributed by atoms with Gasteiger partial charge in [-0.25, -0.2) is 0 Å². The number of likely N-dealkylation sites (tertiary alicyclic amines) is 1. The van der Waals surface area contributed by atoms with Gasteiger partial charge in [0.2, 0.25) is 5.91 Å². The maximum Gasteiger partial charge on any atom is 0.225 e. The topological polar surface area (TPSA) is 41.6 Å². The van der Waals surface area contributed by atoms with Gasteiger partial charge in [-0.1, -0.05) is 18.2 Å². The molecule has 4 nitrogen and oxygen atoms in total. The summed E-state index contributed by atoms with van der Waals surface area (Å²) >= 11 is 1.63. The smallest absolute Gasteiger partial charge is 0.225 e. The van der Waals surface area contributed by atoms with Crippen LogP contribution in [0.15, 0.2) is 41.8 Å². The molecule has 1 aromatic carbocycles. The van der Waals surface area contributed by atoms with E-state index in [9.17, 15) is 4.79 Å². The number of hydrogen-bond acceptors (Lipinski definition) is 4. The van der Waals surface area contributed by atoms with Crippen LogP contribution in [0.2, 0.25) is 0 Å². The molecule has 0 saturated carbocycles. The molecule has 24 heavy (non-hydrogen) atoms. The number of hydrogen-bond donors (Lipinski definition) is 1. The van der Waals surface area contributed by atoms with E-state index in [0.29, 0.717) is 13.0 Å². The quantitative estimate of drug-likeness (QED) is 0.838. The third-order valence-corrected chi connectivity index (χ3v) is 5.37. The summed E-state index contributed by atoms with van der Waals surface area (Å²) in [4.78, 5) is 15.8. The predicted octanol–water partition coefficient (Wildman–Crippen LogP) is 3.25. The molecule has 0 radical (unpaired) electrons. The summed E-state index contributed by atoms with van der Waals surface area (Å²) < 4.78 is 5.25. The molecule has 1 saturated heterocycles. The van der Waals surface area contributed by atoms with Gasteiger partial charge in [-0.2, -0.15) is 0 Å². The summed E-state index contributed by atoms with van der Waals surface area (Å²) in [5.41, 5.74) is 1.23. The van der Waals surface area contributed by atoms with E-state index in [1.807, 2.05) is 29.6 Å². The Kier molecular flexibility index (Phi) is 5.88. The molecule has 1 aromatic heterocycles. The lowest BCUT2D eigenvalue weighted by molar-refractivity contribution is -0.120. The molecule has 1 aliphatic rings. The molecule has 1 fully saturated rings. The Morgan fingerprint density at radius 3 is 2.62 bits per heavy atom. The Balaban J connectivity index is 1.64. The van der Waals surface area contributed by atoms with E-state index in [0.717, 1.165) is 23.7 Å². The van der Waals surface area contributed by atoms with E-state index in [1.165, 1.54) is 18.4 Å².